The summed E-state index contributed by atoms with van der Waals surface area (Å²) in [5, 5.41) is 17.7. The molecular weight excluding hydrogens is 186 g/mol. The third kappa shape index (κ3) is 1.81. The summed E-state index contributed by atoms with van der Waals surface area (Å²) < 4.78 is 0. The molecule has 0 saturated heterocycles. The Hall–Kier alpha value is -0.680. The minimum atomic E-state index is 0.191. The van der Waals surface area contributed by atoms with Crippen molar-refractivity contribution < 1.29 is 5.11 Å². The second kappa shape index (κ2) is 4.02. The van der Waals surface area contributed by atoms with Crippen LogP contribution < -0.4 is 4.90 Å². The molecule has 0 bridgehead atoms. The van der Waals surface area contributed by atoms with E-state index in [1.165, 1.54) is 19.3 Å². The lowest BCUT2D eigenvalue weighted by molar-refractivity contribution is 0.283. The summed E-state index contributed by atoms with van der Waals surface area (Å²) in [7, 11) is 0. The lowest BCUT2D eigenvalue weighted by atomic mass is 9.92. The molecule has 1 N–H and O–H groups in total. The minimum absolute atomic E-state index is 0.191. The van der Waals surface area contributed by atoms with Crippen LogP contribution in [0.5, 0.6) is 0 Å². The maximum absolute atomic E-state index is 8.92. The van der Waals surface area contributed by atoms with Gasteiger partial charge in [-0.25, -0.2) is 0 Å². The molecule has 1 aliphatic rings. The van der Waals surface area contributed by atoms with Gasteiger partial charge in [-0.1, -0.05) is 11.3 Å². The Balaban J connectivity index is 2.04. The zero-order chi connectivity index (χ0) is 9.10. The summed E-state index contributed by atoms with van der Waals surface area (Å²) in [6, 6.07) is 0.583. The van der Waals surface area contributed by atoms with Crippen LogP contribution >= 0.6 is 11.3 Å². The highest BCUT2D eigenvalue weighted by molar-refractivity contribution is 7.13. The molecule has 1 aromatic rings. The van der Waals surface area contributed by atoms with Gasteiger partial charge in [0.25, 0.3) is 0 Å². The van der Waals surface area contributed by atoms with Crippen molar-refractivity contribution in [3.63, 3.8) is 0 Å². The summed E-state index contributed by atoms with van der Waals surface area (Å²) in [6.07, 6.45) is 3.74. The van der Waals surface area contributed by atoms with E-state index in [1.807, 2.05) is 0 Å². The predicted octanol–water partition coefficient (Wildman–Crippen LogP) is 0.889. The lowest BCUT2D eigenvalue weighted by Gasteiger charge is -2.36. The number of hydrogen-bond donors (Lipinski definition) is 1. The number of aliphatic hydroxyl groups is 1. The number of aliphatic hydroxyl groups excluding tert-OH is 1. The molecule has 0 spiro atoms. The molecule has 1 fully saturated rings. The minimum Gasteiger partial charge on any atom is -0.395 e. The molecule has 72 valence electrons. The van der Waals surface area contributed by atoms with Gasteiger partial charge in [0.1, 0.15) is 5.51 Å². The van der Waals surface area contributed by atoms with Crippen molar-refractivity contribution >= 4 is 16.5 Å². The van der Waals surface area contributed by atoms with Crippen molar-refractivity contribution in [3.8, 4) is 0 Å². The van der Waals surface area contributed by atoms with Crippen molar-refractivity contribution in [3.05, 3.63) is 5.51 Å². The molecular formula is C8H13N3OS. The van der Waals surface area contributed by atoms with Crippen LogP contribution in [0.3, 0.4) is 0 Å². The first-order valence-corrected chi connectivity index (χ1v) is 5.43. The Kier molecular flexibility index (Phi) is 2.75. The van der Waals surface area contributed by atoms with Crippen LogP contribution in [0, 0.1) is 0 Å². The first kappa shape index (κ1) is 8.90. The Bertz CT molecular complexity index is 248. The van der Waals surface area contributed by atoms with Gasteiger partial charge in [-0.3, -0.25) is 0 Å². The van der Waals surface area contributed by atoms with Crippen LogP contribution in [0.2, 0.25) is 0 Å². The average molecular weight is 199 g/mol. The van der Waals surface area contributed by atoms with Gasteiger partial charge in [-0.05, 0) is 19.3 Å². The van der Waals surface area contributed by atoms with Gasteiger partial charge in [-0.15, -0.1) is 10.2 Å². The monoisotopic (exact) mass is 199 g/mol. The van der Waals surface area contributed by atoms with E-state index >= 15 is 0 Å². The zero-order valence-corrected chi connectivity index (χ0v) is 8.20. The second-order valence-electron chi connectivity index (χ2n) is 3.22. The van der Waals surface area contributed by atoms with Crippen LogP contribution in [0.4, 0.5) is 5.13 Å². The normalized spacial score (nSPS) is 17.0. The molecule has 0 radical (unpaired) electrons. The van der Waals surface area contributed by atoms with Crippen LogP contribution in [0.15, 0.2) is 5.51 Å². The predicted molar refractivity (Wildman–Crippen MR) is 52.0 cm³/mol. The molecule has 0 atom stereocenters. The fourth-order valence-corrected chi connectivity index (χ4v) is 2.19. The van der Waals surface area contributed by atoms with Crippen molar-refractivity contribution in [2.24, 2.45) is 0 Å². The van der Waals surface area contributed by atoms with Crippen molar-refractivity contribution in [2.75, 3.05) is 18.1 Å². The number of anilines is 1. The SMILES string of the molecule is OCCN(c1nncs1)C1CCC1. The lowest BCUT2D eigenvalue weighted by Crippen LogP contribution is -2.41. The Morgan fingerprint density at radius 1 is 1.62 bits per heavy atom. The summed E-state index contributed by atoms with van der Waals surface area (Å²) in [4.78, 5) is 2.17. The van der Waals surface area contributed by atoms with E-state index in [0.717, 1.165) is 5.13 Å². The van der Waals surface area contributed by atoms with Crippen molar-refractivity contribution in [1.29, 1.82) is 0 Å². The van der Waals surface area contributed by atoms with Crippen molar-refractivity contribution in [2.45, 2.75) is 25.3 Å². The van der Waals surface area contributed by atoms with Crippen LogP contribution in [-0.4, -0.2) is 34.5 Å². The summed E-state index contributed by atoms with van der Waals surface area (Å²) in [5.41, 5.74) is 1.73. The fraction of sp³-hybridized carbons (Fsp3) is 0.750. The first-order valence-electron chi connectivity index (χ1n) is 4.55. The summed E-state index contributed by atoms with van der Waals surface area (Å²) >= 11 is 1.54. The van der Waals surface area contributed by atoms with E-state index in [2.05, 4.69) is 15.1 Å². The molecule has 1 aliphatic carbocycles. The van der Waals surface area contributed by atoms with Crippen LogP contribution in [0.25, 0.3) is 0 Å². The Morgan fingerprint density at radius 3 is 2.92 bits per heavy atom. The third-order valence-corrected chi connectivity index (χ3v) is 3.18. The highest BCUT2D eigenvalue weighted by Gasteiger charge is 2.26. The third-order valence-electron chi connectivity index (χ3n) is 2.45. The standard InChI is InChI=1S/C8H13N3OS/c12-5-4-11(7-2-1-3-7)8-10-9-6-13-8/h6-7,12H,1-5H2. The van der Waals surface area contributed by atoms with Gasteiger partial charge in [0.05, 0.1) is 6.61 Å². The second-order valence-corrected chi connectivity index (χ2v) is 4.03. The molecule has 0 unspecified atom stereocenters. The van der Waals surface area contributed by atoms with E-state index < -0.39 is 0 Å². The maximum Gasteiger partial charge on any atom is 0.208 e. The highest BCUT2D eigenvalue weighted by atomic mass is 32.1. The van der Waals surface area contributed by atoms with E-state index in [4.69, 9.17) is 5.11 Å². The Morgan fingerprint density at radius 2 is 2.46 bits per heavy atom. The van der Waals surface area contributed by atoms with E-state index in [0.29, 0.717) is 12.6 Å². The smallest absolute Gasteiger partial charge is 0.208 e. The quantitative estimate of drug-likeness (QED) is 0.782. The molecule has 1 heterocycles. The van der Waals surface area contributed by atoms with Gasteiger partial charge in [-0.2, -0.15) is 0 Å². The summed E-state index contributed by atoms with van der Waals surface area (Å²) in [6.45, 7) is 0.871. The first-order chi connectivity index (χ1) is 6.42. The van der Waals surface area contributed by atoms with E-state index in [9.17, 15) is 0 Å². The molecule has 1 aromatic heterocycles. The number of hydrogen-bond acceptors (Lipinski definition) is 5. The zero-order valence-electron chi connectivity index (χ0n) is 7.39. The molecule has 5 heteroatoms. The van der Waals surface area contributed by atoms with Crippen molar-refractivity contribution in [1.82, 2.24) is 10.2 Å². The van der Waals surface area contributed by atoms with Gasteiger partial charge in [0.15, 0.2) is 0 Å². The highest BCUT2D eigenvalue weighted by Crippen LogP contribution is 2.29. The topological polar surface area (TPSA) is 49.2 Å². The van der Waals surface area contributed by atoms with Crippen LogP contribution in [0.1, 0.15) is 19.3 Å². The van der Waals surface area contributed by atoms with Gasteiger partial charge < -0.3 is 10.0 Å². The number of aromatic nitrogens is 2. The molecule has 4 nitrogen and oxygen atoms in total. The van der Waals surface area contributed by atoms with E-state index in [1.54, 1.807) is 16.8 Å². The molecule has 13 heavy (non-hydrogen) atoms. The van der Waals surface area contributed by atoms with Gasteiger partial charge >= 0.3 is 0 Å². The molecule has 0 amide bonds. The molecule has 1 saturated carbocycles. The molecule has 0 aromatic carbocycles. The molecule has 2 rings (SSSR count). The van der Waals surface area contributed by atoms with Gasteiger partial charge in [0.2, 0.25) is 5.13 Å². The largest absolute Gasteiger partial charge is 0.395 e. The fourth-order valence-electron chi connectivity index (χ4n) is 1.53. The molecule has 0 aliphatic heterocycles. The van der Waals surface area contributed by atoms with Gasteiger partial charge in [0, 0.05) is 12.6 Å². The summed E-state index contributed by atoms with van der Waals surface area (Å²) in [5.74, 6) is 0. The maximum atomic E-state index is 8.92. The van der Waals surface area contributed by atoms with E-state index in [-0.39, 0.29) is 6.61 Å². The number of rotatable bonds is 4. The van der Waals surface area contributed by atoms with Crippen LogP contribution in [-0.2, 0) is 0 Å². The average Bonchev–Trinajstić information content (AvgIpc) is 2.51. The Labute approximate surface area is 81.2 Å². The number of nitrogens with zero attached hydrogens (tertiary/aromatic N) is 3.